The number of hydrogen-bond acceptors (Lipinski definition) is 5. The van der Waals surface area contributed by atoms with Crippen LogP contribution in [0.4, 0.5) is 0 Å². The van der Waals surface area contributed by atoms with Crippen molar-refractivity contribution in [2.75, 3.05) is 27.9 Å². The Bertz CT molecular complexity index is 1000. The third-order valence-electron chi connectivity index (χ3n) is 5.03. The molecule has 0 unspecified atom stereocenters. The number of aromatic carboxylic acids is 1. The third-order valence-corrected chi connectivity index (χ3v) is 5.03. The minimum absolute atomic E-state index is 0.312. The number of carboxylic acid groups (broad SMARTS) is 1. The largest absolute Gasteiger partial charge is 0.493 e. The van der Waals surface area contributed by atoms with E-state index in [1.165, 1.54) is 0 Å². The highest BCUT2D eigenvalue weighted by molar-refractivity contribution is 5.98. The number of ether oxygens (including phenoxy) is 3. The van der Waals surface area contributed by atoms with Crippen LogP contribution in [0.3, 0.4) is 0 Å². The average molecular weight is 398 g/mol. The number of rotatable bonds is 9. The Morgan fingerprint density at radius 1 is 1.07 bits per heavy atom. The Morgan fingerprint density at radius 3 is 2.31 bits per heavy atom. The van der Waals surface area contributed by atoms with Gasteiger partial charge in [0, 0.05) is 30.1 Å². The van der Waals surface area contributed by atoms with Gasteiger partial charge in [-0.05, 0) is 36.7 Å². The summed E-state index contributed by atoms with van der Waals surface area (Å²) in [6, 6.07) is 11.6. The van der Waals surface area contributed by atoms with Crippen molar-refractivity contribution in [3.8, 4) is 17.2 Å². The summed E-state index contributed by atoms with van der Waals surface area (Å²) in [6.45, 7) is 1.13. The van der Waals surface area contributed by atoms with Crippen LogP contribution in [-0.2, 0) is 20.0 Å². The van der Waals surface area contributed by atoms with E-state index >= 15 is 0 Å². The molecular formula is C22H26N2O5. The summed E-state index contributed by atoms with van der Waals surface area (Å²) in [7, 11) is 6.54. The molecule has 29 heavy (non-hydrogen) atoms. The molecule has 0 saturated carbocycles. The number of para-hydroxylation sites is 1. The normalized spacial score (nSPS) is 10.9. The standard InChI is InChI=1S/C22H26N2O5/c1-24-17-8-6-5-7-15(17)16(20(24)22(25)26)13-23-10-9-14-11-18(27-2)21(29-4)19(12-14)28-3/h5-8,11-12,23H,9-10,13H2,1-4H3,(H,25,26). The van der Waals surface area contributed by atoms with Gasteiger partial charge in [0.1, 0.15) is 5.69 Å². The second kappa shape index (κ2) is 8.87. The van der Waals surface area contributed by atoms with Gasteiger partial charge >= 0.3 is 5.97 Å². The van der Waals surface area contributed by atoms with Crippen LogP contribution in [0.2, 0.25) is 0 Å². The highest BCUT2D eigenvalue weighted by Crippen LogP contribution is 2.38. The van der Waals surface area contributed by atoms with Crippen LogP contribution in [0.15, 0.2) is 36.4 Å². The van der Waals surface area contributed by atoms with Gasteiger partial charge in [-0.2, -0.15) is 0 Å². The first kappa shape index (κ1) is 20.5. The molecule has 0 aliphatic heterocycles. The number of nitrogens with one attached hydrogen (secondary N) is 1. The first-order valence-electron chi connectivity index (χ1n) is 9.31. The van der Waals surface area contributed by atoms with Gasteiger partial charge in [-0.25, -0.2) is 4.79 Å². The summed E-state index contributed by atoms with van der Waals surface area (Å²) in [5, 5.41) is 14.0. The fourth-order valence-corrected chi connectivity index (χ4v) is 3.65. The molecule has 1 aromatic heterocycles. The number of carbonyl (C=O) groups is 1. The van der Waals surface area contributed by atoms with E-state index in [1.807, 2.05) is 36.4 Å². The SMILES string of the molecule is COc1cc(CCNCc2c(C(=O)O)n(C)c3ccccc23)cc(OC)c1OC. The van der Waals surface area contributed by atoms with Crippen molar-refractivity contribution in [1.29, 1.82) is 0 Å². The van der Waals surface area contributed by atoms with E-state index in [0.717, 1.165) is 28.5 Å². The summed E-state index contributed by atoms with van der Waals surface area (Å²) in [5.74, 6) is 0.867. The molecule has 0 aliphatic rings. The fraction of sp³-hybridized carbons (Fsp3) is 0.318. The molecule has 0 atom stereocenters. The molecule has 0 radical (unpaired) electrons. The van der Waals surface area contributed by atoms with E-state index in [0.29, 0.717) is 36.0 Å². The van der Waals surface area contributed by atoms with E-state index in [-0.39, 0.29) is 0 Å². The lowest BCUT2D eigenvalue weighted by molar-refractivity contribution is 0.0685. The second-order valence-corrected chi connectivity index (χ2v) is 6.67. The molecule has 3 rings (SSSR count). The Morgan fingerprint density at radius 2 is 1.72 bits per heavy atom. The van der Waals surface area contributed by atoms with Crippen LogP contribution in [0, 0.1) is 0 Å². The van der Waals surface area contributed by atoms with E-state index in [1.54, 1.807) is 32.9 Å². The van der Waals surface area contributed by atoms with E-state index in [9.17, 15) is 9.90 Å². The zero-order valence-electron chi connectivity index (χ0n) is 17.1. The van der Waals surface area contributed by atoms with Crippen LogP contribution < -0.4 is 19.5 Å². The fourth-order valence-electron chi connectivity index (χ4n) is 3.65. The Kier molecular flexibility index (Phi) is 6.29. The van der Waals surface area contributed by atoms with Gasteiger partial charge in [0.05, 0.1) is 21.3 Å². The van der Waals surface area contributed by atoms with Gasteiger partial charge in [0.2, 0.25) is 5.75 Å². The maximum atomic E-state index is 11.8. The van der Waals surface area contributed by atoms with Gasteiger partial charge in [0.25, 0.3) is 0 Å². The van der Waals surface area contributed by atoms with Crippen molar-refractivity contribution in [2.45, 2.75) is 13.0 Å². The number of aryl methyl sites for hydroxylation is 1. The summed E-state index contributed by atoms with van der Waals surface area (Å²) in [5.41, 5.74) is 3.04. The summed E-state index contributed by atoms with van der Waals surface area (Å²) >= 11 is 0. The van der Waals surface area contributed by atoms with Gasteiger partial charge in [-0.3, -0.25) is 0 Å². The van der Waals surface area contributed by atoms with Gasteiger partial charge in [-0.15, -0.1) is 0 Å². The van der Waals surface area contributed by atoms with Crippen molar-refractivity contribution in [2.24, 2.45) is 7.05 Å². The molecule has 2 aromatic carbocycles. The lowest BCUT2D eigenvalue weighted by Crippen LogP contribution is -2.19. The lowest BCUT2D eigenvalue weighted by atomic mass is 10.1. The highest BCUT2D eigenvalue weighted by atomic mass is 16.5. The maximum absolute atomic E-state index is 11.8. The molecule has 0 bridgehead atoms. The molecule has 0 fully saturated rings. The summed E-state index contributed by atoms with van der Waals surface area (Å²) in [4.78, 5) is 11.8. The average Bonchev–Trinajstić information content (AvgIpc) is 3.02. The molecule has 1 heterocycles. The Balaban J connectivity index is 1.75. The first-order chi connectivity index (χ1) is 14.0. The number of methoxy groups -OCH3 is 3. The number of nitrogens with zero attached hydrogens (tertiary/aromatic N) is 1. The van der Waals surface area contributed by atoms with Gasteiger partial charge in [-0.1, -0.05) is 18.2 Å². The first-order valence-corrected chi connectivity index (χ1v) is 9.31. The Hall–Kier alpha value is -3.19. The molecule has 2 N–H and O–H groups in total. The van der Waals surface area contributed by atoms with Crippen LogP contribution in [0.25, 0.3) is 10.9 Å². The second-order valence-electron chi connectivity index (χ2n) is 6.67. The molecule has 0 saturated heterocycles. The molecule has 7 nitrogen and oxygen atoms in total. The third kappa shape index (κ3) is 4.00. The van der Waals surface area contributed by atoms with Gasteiger partial charge < -0.3 is 29.2 Å². The zero-order chi connectivity index (χ0) is 21.0. The number of hydrogen-bond donors (Lipinski definition) is 2. The van der Waals surface area contributed by atoms with Gasteiger partial charge in [0.15, 0.2) is 11.5 Å². The molecule has 3 aromatic rings. The topological polar surface area (TPSA) is 82.0 Å². The van der Waals surface area contributed by atoms with Crippen LogP contribution in [0.1, 0.15) is 21.6 Å². The predicted octanol–water partition coefficient (Wildman–Crippen LogP) is 3.23. The number of benzene rings is 2. The molecule has 0 spiro atoms. The van der Waals surface area contributed by atoms with Crippen molar-refractivity contribution in [3.63, 3.8) is 0 Å². The highest BCUT2D eigenvalue weighted by Gasteiger charge is 2.20. The maximum Gasteiger partial charge on any atom is 0.352 e. The number of aromatic nitrogens is 1. The minimum atomic E-state index is -0.926. The van der Waals surface area contributed by atoms with Crippen LogP contribution in [-0.4, -0.2) is 43.5 Å². The lowest BCUT2D eigenvalue weighted by Gasteiger charge is -2.14. The molecule has 0 amide bonds. The Labute approximate surface area is 169 Å². The van der Waals surface area contributed by atoms with Crippen LogP contribution in [0.5, 0.6) is 17.2 Å². The van der Waals surface area contributed by atoms with Crippen molar-refractivity contribution in [3.05, 3.63) is 53.2 Å². The van der Waals surface area contributed by atoms with E-state index in [4.69, 9.17) is 14.2 Å². The van der Waals surface area contributed by atoms with Crippen molar-refractivity contribution >= 4 is 16.9 Å². The zero-order valence-corrected chi connectivity index (χ0v) is 17.1. The van der Waals surface area contributed by atoms with E-state index in [2.05, 4.69) is 5.32 Å². The molecular weight excluding hydrogens is 372 g/mol. The van der Waals surface area contributed by atoms with E-state index < -0.39 is 5.97 Å². The smallest absolute Gasteiger partial charge is 0.352 e. The monoisotopic (exact) mass is 398 g/mol. The molecule has 0 aliphatic carbocycles. The predicted molar refractivity (Wildman–Crippen MR) is 111 cm³/mol. The van der Waals surface area contributed by atoms with Crippen molar-refractivity contribution in [1.82, 2.24) is 9.88 Å². The molecule has 7 heteroatoms. The molecule has 154 valence electrons. The van der Waals surface area contributed by atoms with Crippen LogP contribution >= 0.6 is 0 Å². The number of carboxylic acids is 1. The van der Waals surface area contributed by atoms with Crippen molar-refractivity contribution < 1.29 is 24.1 Å². The summed E-state index contributed by atoms with van der Waals surface area (Å²) in [6.07, 6.45) is 0.726. The minimum Gasteiger partial charge on any atom is -0.493 e. The quantitative estimate of drug-likeness (QED) is 0.539. The summed E-state index contributed by atoms with van der Waals surface area (Å²) < 4.78 is 17.9. The number of fused-ring (bicyclic) bond motifs is 1.